The topological polar surface area (TPSA) is 54.5 Å². The molecule has 1 saturated heterocycles. The van der Waals surface area contributed by atoms with E-state index in [1.807, 2.05) is 43.3 Å². The van der Waals surface area contributed by atoms with Crippen LogP contribution in [0.3, 0.4) is 0 Å². The Morgan fingerprint density at radius 1 is 1.17 bits per heavy atom. The smallest absolute Gasteiger partial charge is 0.255 e. The van der Waals surface area contributed by atoms with E-state index >= 15 is 0 Å². The summed E-state index contributed by atoms with van der Waals surface area (Å²) in [5.74, 6) is 0.794. The summed E-state index contributed by atoms with van der Waals surface area (Å²) in [6.07, 6.45) is 2.09. The maximum Gasteiger partial charge on any atom is 0.255 e. The zero-order valence-electron chi connectivity index (χ0n) is 14.3. The standard InChI is InChI=1S/C19H23N3O2/c1-13-6-4-5-7-17(13)19(23)21-16-8-9-18(20-10-16)22-11-14(2)24-15(3)12-22/h4-10,14-15H,11-12H2,1-3H3,(H,21,23). The van der Waals surface area contributed by atoms with Crippen molar-refractivity contribution in [1.29, 1.82) is 0 Å². The third-order valence-corrected chi connectivity index (χ3v) is 4.14. The minimum atomic E-state index is -0.115. The van der Waals surface area contributed by atoms with Crippen LogP contribution < -0.4 is 10.2 Å². The van der Waals surface area contributed by atoms with E-state index in [4.69, 9.17) is 4.74 Å². The molecule has 2 atom stereocenters. The second-order valence-corrected chi connectivity index (χ2v) is 6.34. The highest BCUT2D eigenvalue weighted by Crippen LogP contribution is 2.20. The largest absolute Gasteiger partial charge is 0.372 e. The summed E-state index contributed by atoms with van der Waals surface area (Å²) in [6, 6.07) is 11.4. The van der Waals surface area contributed by atoms with Crippen LogP contribution in [0.4, 0.5) is 11.5 Å². The van der Waals surface area contributed by atoms with Gasteiger partial charge in [0.15, 0.2) is 0 Å². The SMILES string of the molecule is Cc1ccccc1C(=O)Nc1ccc(N2CC(C)OC(C)C2)nc1. The molecule has 5 heteroatoms. The van der Waals surface area contributed by atoms with Crippen LogP contribution in [0.1, 0.15) is 29.8 Å². The van der Waals surface area contributed by atoms with Crippen LogP contribution in [0, 0.1) is 6.92 Å². The van der Waals surface area contributed by atoms with Crippen molar-refractivity contribution in [3.8, 4) is 0 Å². The van der Waals surface area contributed by atoms with Crippen LogP contribution in [0.25, 0.3) is 0 Å². The summed E-state index contributed by atoms with van der Waals surface area (Å²) in [6.45, 7) is 7.72. The van der Waals surface area contributed by atoms with Gasteiger partial charge in [0.05, 0.1) is 24.1 Å². The van der Waals surface area contributed by atoms with Crippen molar-refractivity contribution in [2.75, 3.05) is 23.3 Å². The Hall–Kier alpha value is -2.40. The molecule has 1 fully saturated rings. The molecule has 2 aromatic rings. The monoisotopic (exact) mass is 325 g/mol. The lowest BCUT2D eigenvalue weighted by Crippen LogP contribution is -2.45. The van der Waals surface area contributed by atoms with Crippen molar-refractivity contribution in [2.45, 2.75) is 33.0 Å². The van der Waals surface area contributed by atoms with Crippen molar-refractivity contribution >= 4 is 17.4 Å². The van der Waals surface area contributed by atoms with Crippen LogP contribution in [0.2, 0.25) is 0 Å². The Balaban J connectivity index is 1.69. The number of aromatic nitrogens is 1. The molecule has 0 spiro atoms. The second-order valence-electron chi connectivity index (χ2n) is 6.34. The van der Waals surface area contributed by atoms with Crippen LogP contribution in [-0.2, 0) is 4.74 Å². The minimum absolute atomic E-state index is 0.115. The fourth-order valence-electron chi connectivity index (χ4n) is 3.04. The number of aryl methyl sites for hydroxylation is 1. The Bertz CT molecular complexity index is 705. The van der Waals surface area contributed by atoms with Gasteiger partial charge in [0, 0.05) is 18.7 Å². The molecule has 0 aliphatic carbocycles. The van der Waals surface area contributed by atoms with Crippen molar-refractivity contribution in [3.05, 3.63) is 53.7 Å². The number of rotatable bonds is 3. The van der Waals surface area contributed by atoms with Gasteiger partial charge < -0.3 is 15.0 Å². The fraction of sp³-hybridized carbons (Fsp3) is 0.368. The molecule has 5 nitrogen and oxygen atoms in total. The Morgan fingerprint density at radius 2 is 1.88 bits per heavy atom. The van der Waals surface area contributed by atoms with Crippen LogP contribution in [-0.4, -0.2) is 36.2 Å². The van der Waals surface area contributed by atoms with E-state index in [2.05, 4.69) is 29.0 Å². The first-order valence-electron chi connectivity index (χ1n) is 8.26. The highest BCUT2D eigenvalue weighted by Gasteiger charge is 2.23. The first-order chi connectivity index (χ1) is 11.5. The summed E-state index contributed by atoms with van der Waals surface area (Å²) in [7, 11) is 0. The number of pyridine rings is 1. The first-order valence-corrected chi connectivity index (χ1v) is 8.26. The van der Waals surface area contributed by atoms with Gasteiger partial charge in [-0.15, -0.1) is 0 Å². The number of ether oxygens (including phenoxy) is 1. The summed E-state index contributed by atoms with van der Waals surface area (Å²) in [5.41, 5.74) is 2.33. The van der Waals surface area contributed by atoms with E-state index < -0.39 is 0 Å². The number of nitrogens with one attached hydrogen (secondary N) is 1. The molecular weight excluding hydrogens is 302 g/mol. The van der Waals surface area contributed by atoms with Gasteiger partial charge in [-0.25, -0.2) is 4.98 Å². The lowest BCUT2D eigenvalue weighted by atomic mass is 10.1. The third kappa shape index (κ3) is 3.74. The van der Waals surface area contributed by atoms with E-state index in [1.54, 1.807) is 6.20 Å². The van der Waals surface area contributed by atoms with E-state index in [0.29, 0.717) is 11.3 Å². The van der Waals surface area contributed by atoms with Gasteiger partial charge in [-0.05, 0) is 44.5 Å². The number of amides is 1. The minimum Gasteiger partial charge on any atom is -0.372 e. The van der Waals surface area contributed by atoms with Gasteiger partial charge in [0.1, 0.15) is 5.82 Å². The molecule has 3 rings (SSSR count). The number of nitrogens with zero attached hydrogens (tertiary/aromatic N) is 2. The Labute approximate surface area is 142 Å². The Morgan fingerprint density at radius 3 is 2.50 bits per heavy atom. The molecule has 126 valence electrons. The van der Waals surface area contributed by atoms with Gasteiger partial charge in [-0.1, -0.05) is 18.2 Å². The van der Waals surface area contributed by atoms with Crippen LogP contribution in [0.15, 0.2) is 42.6 Å². The van der Waals surface area contributed by atoms with E-state index in [9.17, 15) is 4.79 Å². The lowest BCUT2D eigenvalue weighted by molar-refractivity contribution is -0.00545. The van der Waals surface area contributed by atoms with E-state index in [1.165, 1.54) is 0 Å². The summed E-state index contributed by atoms with van der Waals surface area (Å²) in [4.78, 5) is 19.1. The first kappa shape index (κ1) is 16.5. The second kappa shape index (κ2) is 7.01. The van der Waals surface area contributed by atoms with Crippen LogP contribution in [0.5, 0.6) is 0 Å². The number of carbonyl (C=O) groups excluding carboxylic acids is 1. The van der Waals surface area contributed by atoms with Crippen molar-refractivity contribution in [2.24, 2.45) is 0 Å². The molecule has 2 unspecified atom stereocenters. The number of hydrogen-bond acceptors (Lipinski definition) is 4. The molecule has 0 radical (unpaired) electrons. The molecular formula is C19H23N3O2. The van der Waals surface area contributed by atoms with Gasteiger partial charge in [-0.3, -0.25) is 4.79 Å². The number of hydrogen-bond donors (Lipinski definition) is 1. The zero-order chi connectivity index (χ0) is 17.1. The molecule has 1 N–H and O–H groups in total. The Kier molecular flexibility index (Phi) is 4.81. The van der Waals surface area contributed by atoms with Gasteiger partial charge >= 0.3 is 0 Å². The van der Waals surface area contributed by atoms with E-state index in [0.717, 1.165) is 24.5 Å². The fourth-order valence-corrected chi connectivity index (χ4v) is 3.04. The highest BCUT2D eigenvalue weighted by molar-refractivity contribution is 6.05. The molecule has 24 heavy (non-hydrogen) atoms. The molecule has 1 aromatic heterocycles. The molecule has 0 bridgehead atoms. The molecule has 1 aliphatic rings. The maximum absolute atomic E-state index is 12.3. The normalized spacial score (nSPS) is 20.7. The summed E-state index contributed by atoms with van der Waals surface area (Å²) < 4.78 is 5.75. The van der Waals surface area contributed by atoms with Gasteiger partial charge in [0.25, 0.3) is 5.91 Å². The number of benzene rings is 1. The number of morpholine rings is 1. The highest BCUT2D eigenvalue weighted by atomic mass is 16.5. The predicted octanol–water partition coefficient (Wildman–Crippen LogP) is 3.26. The number of carbonyl (C=O) groups is 1. The van der Waals surface area contributed by atoms with Crippen molar-refractivity contribution in [3.63, 3.8) is 0 Å². The molecule has 1 amide bonds. The van der Waals surface area contributed by atoms with Crippen molar-refractivity contribution in [1.82, 2.24) is 4.98 Å². The summed E-state index contributed by atoms with van der Waals surface area (Å²) in [5, 5.41) is 2.90. The maximum atomic E-state index is 12.3. The predicted molar refractivity (Wildman–Crippen MR) is 95.6 cm³/mol. The molecule has 1 aromatic carbocycles. The zero-order valence-corrected chi connectivity index (χ0v) is 14.3. The lowest BCUT2D eigenvalue weighted by Gasteiger charge is -2.36. The van der Waals surface area contributed by atoms with Gasteiger partial charge in [-0.2, -0.15) is 0 Å². The quantitative estimate of drug-likeness (QED) is 0.941. The average molecular weight is 325 g/mol. The third-order valence-electron chi connectivity index (χ3n) is 4.14. The van der Waals surface area contributed by atoms with Gasteiger partial charge in [0.2, 0.25) is 0 Å². The van der Waals surface area contributed by atoms with Crippen LogP contribution >= 0.6 is 0 Å². The molecule has 0 saturated carbocycles. The summed E-state index contributed by atoms with van der Waals surface area (Å²) >= 11 is 0. The van der Waals surface area contributed by atoms with Crippen molar-refractivity contribution < 1.29 is 9.53 Å². The molecule has 1 aliphatic heterocycles. The van der Waals surface area contributed by atoms with E-state index in [-0.39, 0.29) is 18.1 Å². The number of anilines is 2. The average Bonchev–Trinajstić information content (AvgIpc) is 2.55. The molecule has 2 heterocycles.